The molecule has 17 heavy (non-hydrogen) atoms. The number of aryl methyl sites for hydroxylation is 1. The molecular weight excluding hydrogens is 280 g/mol. The van der Waals surface area contributed by atoms with Crippen LogP contribution in [-0.4, -0.2) is 26.2 Å². The Bertz CT molecular complexity index is 331. The monoisotopic (exact) mass is 300 g/mol. The molecule has 0 radical (unpaired) electrons. The number of unbranched alkanes of at least 4 members (excludes halogenated alkanes) is 1. The third-order valence-electron chi connectivity index (χ3n) is 2.41. The number of nitrogens with two attached hydrogens (primary N) is 1. The fourth-order valence-electron chi connectivity index (χ4n) is 1.48. The Labute approximate surface area is 112 Å². The third kappa shape index (κ3) is 6.05. The summed E-state index contributed by atoms with van der Waals surface area (Å²) >= 11 is 3.50. The van der Waals surface area contributed by atoms with Gasteiger partial charge in [0.15, 0.2) is 0 Å². The first-order valence-electron chi connectivity index (χ1n) is 6.04. The molecule has 0 saturated heterocycles. The van der Waals surface area contributed by atoms with Gasteiger partial charge in [0.25, 0.3) is 0 Å². The topological polar surface area (TPSA) is 47.3 Å². The van der Waals surface area contributed by atoms with E-state index in [0.717, 1.165) is 42.8 Å². The van der Waals surface area contributed by atoms with Gasteiger partial charge in [0.05, 0.1) is 11.1 Å². The van der Waals surface area contributed by atoms with Crippen LogP contribution in [0.5, 0.6) is 5.75 Å². The highest BCUT2D eigenvalue weighted by Crippen LogP contribution is 2.25. The molecule has 0 unspecified atom stereocenters. The average Bonchev–Trinajstić information content (AvgIpc) is 2.30. The van der Waals surface area contributed by atoms with E-state index in [1.165, 1.54) is 5.56 Å². The standard InChI is InChI=1S/C13H21BrN2O/c1-11-4-5-13(12(14)10-11)17-9-3-2-7-16-8-6-15/h4-5,10,16H,2-3,6-9,15H2,1H3. The molecule has 96 valence electrons. The number of hydrogen-bond donors (Lipinski definition) is 2. The van der Waals surface area contributed by atoms with E-state index in [4.69, 9.17) is 10.5 Å². The lowest BCUT2D eigenvalue weighted by atomic mass is 10.2. The fourth-order valence-corrected chi connectivity index (χ4v) is 2.09. The summed E-state index contributed by atoms with van der Waals surface area (Å²) in [6.45, 7) is 5.43. The molecule has 0 aliphatic rings. The quantitative estimate of drug-likeness (QED) is 0.725. The van der Waals surface area contributed by atoms with Crippen LogP contribution in [0.4, 0.5) is 0 Å². The van der Waals surface area contributed by atoms with Gasteiger partial charge in [-0.15, -0.1) is 0 Å². The van der Waals surface area contributed by atoms with Crippen LogP contribution in [0.3, 0.4) is 0 Å². The Morgan fingerprint density at radius 2 is 2.12 bits per heavy atom. The Balaban J connectivity index is 2.14. The van der Waals surface area contributed by atoms with Crippen LogP contribution in [0.2, 0.25) is 0 Å². The zero-order chi connectivity index (χ0) is 12.5. The molecule has 3 N–H and O–H groups in total. The Morgan fingerprint density at radius 3 is 2.82 bits per heavy atom. The minimum atomic E-state index is 0.701. The average molecular weight is 301 g/mol. The molecule has 0 aliphatic heterocycles. The van der Waals surface area contributed by atoms with Crippen LogP contribution in [0.25, 0.3) is 0 Å². The number of nitrogens with one attached hydrogen (secondary N) is 1. The number of hydrogen-bond acceptors (Lipinski definition) is 3. The molecule has 0 saturated carbocycles. The lowest BCUT2D eigenvalue weighted by Crippen LogP contribution is -2.23. The molecule has 0 aromatic heterocycles. The summed E-state index contributed by atoms with van der Waals surface area (Å²) < 4.78 is 6.73. The maximum Gasteiger partial charge on any atom is 0.133 e. The first-order valence-corrected chi connectivity index (χ1v) is 6.83. The lowest BCUT2D eigenvalue weighted by molar-refractivity contribution is 0.304. The summed E-state index contributed by atoms with van der Waals surface area (Å²) in [5.74, 6) is 0.922. The maximum atomic E-state index is 5.70. The van der Waals surface area contributed by atoms with Crippen molar-refractivity contribution >= 4 is 15.9 Å². The van der Waals surface area contributed by atoms with Gasteiger partial charge >= 0.3 is 0 Å². The normalized spacial score (nSPS) is 10.5. The molecule has 0 fully saturated rings. The van der Waals surface area contributed by atoms with E-state index in [2.05, 4.69) is 40.3 Å². The molecule has 0 bridgehead atoms. The van der Waals surface area contributed by atoms with Gasteiger partial charge in [0.2, 0.25) is 0 Å². The first-order chi connectivity index (χ1) is 8.24. The van der Waals surface area contributed by atoms with Crippen molar-refractivity contribution < 1.29 is 4.74 Å². The van der Waals surface area contributed by atoms with Gasteiger partial charge in [-0.25, -0.2) is 0 Å². The van der Waals surface area contributed by atoms with Crippen molar-refractivity contribution in [2.24, 2.45) is 5.73 Å². The molecule has 1 rings (SSSR count). The van der Waals surface area contributed by atoms with Gasteiger partial charge in [-0.3, -0.25) is 0 Å². The van der Waals surface area contributed by atoms with E-state index >= 15 is 0 Å². The van der Waals surface area contributed by atoms with Crippen LogP contribution in [0.15, 0.2) is 22.7 Å². The summed E-state index contributed by atoms with van der Waals surface area (Å²) in [6.07, 6.45) is 2.17. The van der Waals surface area contributed by atoms with E-state index in [9.17, 15) is 0 Å². The number of halogens is 1. The Hall–Kier alpha value is -0.580. The molecule has 0 amide bonds. The highest BCUT2D eigenvalue weighted by Gasteiger charge is 2.00. The van der Waals surface area contributed by atoms with Gasteiger partial charge in [-0.2, -0.15) is 0 Å². The van der Waals surface area contributed by atoms with E-state index in [0.29, 0.717) is 6.54 Å². The Kier molecular flexibility index (Phi) is 7.24. The molecule has 1 aromatic carbocycles. The van der Waals surface area contributed by atoms with Crippen molar-refractivity contribution in [1.82, 2.24) is 5.32 Å². The van der Waals surface area contributed by atoms with Crippen molar-refractivity contribution in [3.63, 3.8) is 0 Å². The summed E-state index contributed by atoms with van der Waals surface area (Å²) in [5.41, 5.74) is 6.61. The largest absolute Gasteiger partial charge is 0.492 e. The van der Waals surface area contributed by atoms with Crippen LogP contribution in [0, 0.1) is 6.92 Å². The minimum absolute atomic E-state index is 0.701. The SMILES string of the molecule is Cc1ccc(OCCCCNCCN)c(Br)c1. The summed E-state index contributed by atoms with van der Waals surface area (Å²) in [5, 5.41) is 3.26. The molecule has 1 aromatic rings. The first kappa shape index (κ1) is 14.5. The van der Waals surface area contributed by atoms with Crippen LogP contribution in [-0.2, 0) is 0 Å². The van der Waals surface area contributed by atoms with E-state index < -0.39 is 0 Å². The molecular formula is C13H21BrN2O. The predicted molar refractivity (Wildman–Crippen MR) is 75.5 cm³/mol. The second-order valence-electron chi connectivity index (χ2n) is 4.03. The van der Waals surface area contributed by atoms with Gasteiger partial charge < -0.3 is 15.8 Å². The van der Waals surface area contributed by atoms with Crippen LogP contribution >= 0.6 is 15.9 Å². The molecule has 0 heterocycles. The smallest absolute Gasteiger partial charge is 0.133 e. The van der Waals surface area contributed by atoms with E-state index in [1.54, 1.807) is 0 Å². The van der Waals surface area contributed by atoms with E-state index in [1.807, 2.05) is 6.07 Å². The van der Waals surface area contributed by atoms with Gasteiger partial charge in [0.1, 0.15) is 5.75 Å². The zero-order valence-corrected chi connectivity index (χ0v) is 11.9. The van der Waals surface area contributed by atoms with Gasteiger partial charge in [0, 0.05) is 13.1 Å². The summed E-state index contributed by atoms with van der Waals surface area (Å²) in [7, 11) is 0. The second-order valence-corrected chi connectivity index (χ2v) is 4.88. The lowest BCUT2D eigenvalue weighted by Gasteiger charge is -2.09. The van der Waals surface area contributed by atoms with Crippen LogP contribution in [0.1, 0.15) is 18.4 Å². The molecule has 0 aliphatic carbocycles. The fraction of sp³-hybridized carbons (Fsp3) is 0.538. The Morgan fingerprint density at radius 1 is 1.29 bits per heavy atom. The highest BCUT2D eigenvalue weighted by atomic mass is 79.9. The van der Waals surface area contributed by atoms with Gasteiger partial charge in [-0.05, 0) is 59.9 Å². The summed E-state index contributed by atoms with van der Waals surface area (Å²) in [6, 6.07) is 6.13. The van der Waals surface area contributed by atoms with Crippen LogP contribution < -0.4 is 15.8 Å². The number of ether oxygens (including phenoxy) is 1. The molecule has 0 spiro atoms. The number of rotatable bonds is 8. The minimum Gasteiger partial charge on any atom is -0.492 e. The molecule has 4 heteroatoms. The number of benzene rings is 1. The maximum absolute atomic E-state index is 5.70. The van der Waals surface area contributed by atoms with Crippen molar-refractivity contribution in [1.29, 1.82) is 0 Å². The van der Waals surface area contributed by atoms with Crippen molar-refractivity contribution in [2.75, 3.05) is 26.2 Å². The highest BCUT2D eigenvalue weighted by molar-refractivity contribution is 9.10. The predicted octanol–water partition coefficient (Wildman–Crippen LogP) is 2.46. The van der Waals surface area contributed by atoms with Gasteiger partial charge in [-0.1, -0.05) is 6.07 Å². The zero-order valence-electron chi connectivity index (χ0n) is 10.3. The van der Waals surface area contributed by atoms with Crippen molar-refractivity contribution in [3.8, 4) is 5.75 Å². The molecule has 0 atom stereocenters. The van der Waals surface area contributed by atoms with Crippen molar-refractivity contribution in [3.05, 3.63) is 28.2 Å². The van der Waals surface area contributed by atoms with Crippen molar-refractivity contribution in [2.45, 2.75) is 19.8 Å². The second kappa shape index (κ2) is 8.50. The third-order valence-corrected chi connectivity index (χ3v) is 3.03. The van der Waals surface area contributed by atoms with E-state index in [-0.39, 0.29) is 0 Å². The summed E-state index contributed by atoms with van der Waals surface area (Å²) in [4.78, 5) is 0. The molecule has 3 nitrogen and oxygen atoms in total.